The minimum Gasteiger partial charge on any atom is -0.324 e. The van der Waals surface area contributed by atoms with Gasteiger partial charge in [0.25, 0.3) is 0 Å². The smallest absolute Gasteiger partial charge is 0.324 e. The Hall–Kier alpha value is -3.74. The fraction of sp³-hybridized carbons (Fsp3) is 0.0500. The third-order valence-corrected chi connectivity index (χ3v) is 4.15. The van der Waals surface area contributed by atoms with Crippen LogP contribution in [0.15, 0.2) is 76.0 Å². The van der Waals surface area contributed by atoms with E-state index in [1.54, 1.807) is 6.07 Å². The Morgan fingerprint density at radius 2 is 1.78 bits per heavy atom. The SMILES string of the molecule is O=C(Cn1c(-c2ccc(F)cc2)noc1=O)Nc1cccc2ccccc12. The van der Waals surface area contributed by atoms with E-state index in [0.717, 1.165) is 15.3 Å². The van der Waals surface area contributed by atoms with Gasteiger partial charge in [-0.2, -0.15) is 0 Å². The van der Waals surface area contributed by atoms with Crippen LogP contribution in [0.3, 0.4) is 0 Å². The van der Waals surface area contributed by atoms with E-state index in [2.05, 4.69) is 15.0 Å². The summed E-state index contributed by atoms with van der Waals surface area (Å²) in [7, 11) is 0. The maximum absolute atomic E-state index is 13.1. The minimum absolute atomic E-state index is 0.160. The summed E-state index contributed by atoms with van der Waals surface area (Å²) in [5.74, 6) is -1.42. The molecule has 1 heterocycles. The third-order valence-electron chi connectivity index (χ3n) is 4.15. The highest BCUT2D eigenvalue weighted by atomic mass is 19.1. The zero-order valence-corrected chi connectivity index (χ0v) is 14.1. The number of amides is 1. The molecule has 7 heteroatoms. The van der Waals surface area contributed by atoms with Crippen molar-refractivity contribution in [2.45, 2.75) is 6.54 Å². The fourth-order valence-electron chi connectivity index (χ4n) is 2.88. The van der Waals surface area contributed by atoms with Crippen LogP contribution >= 0.6 is 0 Å². The molecule has 0 atom stereocenters. The summed E-state index contributed by atoms with van der Waals surface area (Å²) in [4.78, 5) is 24.5. The van der Waals surface area contributed by atoms with E-state index < -0.39 is 17.5 Å². The lowest BCUT2D eigenvalue weighted by Gasteiger charge is -2.09. The highest BCUT2D eigenvalue weighted by Crippen LogP contribution is 2.23. The first-order valence-electron chi connectivity index (χ1n) is 8.22. The summed E-state index contributed by atoms with van der Waals surface area (Å²) in [6, 6.07) is 18.6. The fourth-order valence-corrected chi connectivity index (χ4v) is 2.88. The van der Waals surface area contributed by atoms with Crippen LogP contribution in [0, 0.1) is 5.82 Å². The van der Waals surface area contributed by atoms with Crippen LogP contribution in [0.2, 0.25) is 0 Å². The van der Waals surface area contributed by atoms with Crippen molar-refractivity contribution in [3.8, 4) is 11.4 Å². The van der Waals surface area contributed by atoms with Gasteiger partial charge in [-0.05, 0) is 35.7 Å². The van der Waals surface area contributed by atoms with E-state index >= 15 is 0 Å². The number of nitrogens with zero attached hydrogens (tertiary/aromatic N) is 2. The maximum atomic E-state index is 13.1. The number of nitrogens with one attached hydrogen (secondary N) is 1. The largest absolute Gasteiger partial charge is 0.442 e. The molecule has 1 amide bonds. The molecule has 134 valence electrons. The zero-order valence-electron chi connectivity index (χ0n) is 14.1. The molecular formula is C20H14FN3O3. The Morgan fingerprint density at radius 3 is 2.59 bits per heavy atom. The summed E-state index contributed by atoms with van der Waals surface area (Å²) in [6.07, 6.45) is 0. The first kappa shape index (κ1) is 16.7. The average molecular weight is 363 g/mol. The van der Waals surface area contributed by atoms with E-state index in [-0.39, 0.29) is 12.4 Å². The number of benzene rings is 3. The van der Waals surface area contributed by atoms with Crippen LogP contribution < -0.4 is 11.1 Å². The Labute approximate surface area is 152 Å². The number of carbonyl (C=O) groups excluding carboxylic acids is 1. The molecule has 0 bridgehead atoms. The summed E-state index contributed by atoms with van der Waals surface area (Å²) in [6.45, 7) is -0.279. The van der Waals surface area contributed by atoms with Crippen molar-refractivity contribution in [1.29, 1.82) is 0 Å². The van der Waals surface area contributed by atoms with Crippen molar-refractivity contribution in [1.82, 2.24) is 9.72 Å². The Morgan fingerprint density at radius 1 is 1.04 bits per heavy atom. The van der Waals surface area contributed by atoms with Gasteiger partial charge < -0.3 is 5.32 Å². The van der Waals surface area contributed by atoms with E-state index in [0.29, 0.717) is 11.3 Å². The van der Waals surface area contributed by atoms with Crippen LogP contribution in [0.1, 0.15) is 0 Å². The van der Waals surface area contributed by atoms with Gasteiger partial charge in [0.15, 0.2) is 5.82 Å². The number of carbonyl (C=O) groups is 1. The van der Waals surface area contributed by atoms with Crippen LogP contribution in [-0.2, 0) is 11.3 Å². The second-order valence-corrected chi connectivity index (χ2v) is 5.94. The number of fused-ring (bicyclic) bond motifs is 1. The summed E-state index contributed by atoms with van der Waals surface area (Å²) in [5, 5.41) is 8.39. The Balaban J connectivity index is 1.61. The number of halogens is 1. The van der Waals surface area contributed by atoms with E-state index in [9.17, 15) is 14.0 Å². The highest BCUT2D eigenvalue weighted by Gasteiger charge is 2.16. The van der Waals surface area contributed by atoms with Gasteiger partial charge in [0.2, 0.25) is 5.91 Å². The van der Waals surface area contributed by atoms with Crippen molar-refractivity contribution < 1.29 is 13.7 Å². The van der Waals surface area contributed by atoms with E-state index in [1.165, 1.54) is 24.3 Å². The van der Waals surface area contributed by atoms with Gasteiger partial charge in [0, 0.05) is 16.6 Å². The lowest BCUT2D eigenvalue weighted by atomic mass is 10.1. The molecule has 0 spiro atoms. The summed E-state index contributed by atoms with van der Waals surface area (Å²) < 4.78 is 18.9. The Bertz CT molecular complexity index is 1170. The average Bonchev–Trinajstić information content (AvgIpc) is 3.03. The van der Waals surface area contributed by atoms with Crippen LogP contribution in [-0.4, -0.2) is 15.6 Å². The van der Waals surface area contributed by atoms with E-state index in [4.69, 9.17) is 0 Å². The molecule has 3 aromatic carbocycles. The van der Waals surface area contributed by atoms with Gasteiger partial charge in [0.1, 0.15) is 12.4 Å². The molecule has 1 N–H and O–H groups in total. The predicted molar refractivity (Wildman–Crippen MR) is 98.7 cm³/mol. The topological polar surface area (TPSA) is 77.1 Å². The normalized spacial score (nSPS) is 10.9. The van der Waals surface area contributed by atoms with Crippen LogP contribution in [0.4, 0.5) is 10.1 Å². The lowest BCUT2D eigenvalue weighted by molar-refractivity contribution is -0.116. The van der Waals surface area contributed by atoms with Gasteiger partial charge >= 0.3 is 5.76 Å². The third kappa shape index (κ3) is 3.35. The first-order valence-corrected chi connectivity index (χ1v) is 8.22. The summed E-state index contributed by atoms with van der Waals surface area (Å²) >= 11 is 0. The quantitative estimate of drug-likeness (QED) is 0.603. The highest BCUT2D eigenvalue weighted by molar-refractivity contribution is 6.02. The first-order chi connectivity index (χ1) is 13.1. The number of hydrogen-bond donors (Lipinski definition) is 1. The van der Waals surface area contributed by atoms with Crippen LogP contribution in [0.25, 0.3) is 22.2 Å². The van der Waals surface area contributed by atoms with Crippen molar-refractivity contribution in [3.63, 3.8) is 0 Å². The second-order valence-electron chi connectivity index (χ2n) is 5.94. The molecule has 4 aromatic rings. The molecule has 0 radical (unpaired) electrons. The molecule has 0 fully saturated rings. The standard InChI is InChI=1S/C20H14FN3O3/c21-15-10-8-14(9-11-15)19-23-27-20(26)24(19)12-18(25)22-17-7-3-5-13-4-1-2-6-16(13)17/h1-11H,12H2,(H,22,25). The molecule has 0 aliphatic heterocycles. The van der Waals surface area contributed by atoms with Gasteiger partial charge in [-0.3, -0.25) is 9.32 Å². The molecule has 0 aliphatic rings. The van der Waals surface area contributed by atoms with Crippen molar-refractivity contribution in [2.24, 2.45) is 0 Å². The molecule has 4 rings (SSSR count). The predicted octanol–water partition coefficient (Wildman–Crippen LogP) is 3.43. The van der Waals surface area contributed by atoms with E-state index in [1.807, 2.05) is 36.4 Å². The summed E-state index contributed by atoms with van der Waals surface area (Å²) in [5.41, 5.74) is 1.12. The molecule has 27 heavy (non-hydrogen) atoms. The molecule has 0 unspecified atom stereocenters. The number of aromatic nitrogens is 2. The second kappa shape index (κ2) is 6.87. The molecule has 0 saturated heterocycles. The zero-order chi connectivity index (χ0) is 18.8. The van der Waals surface area contributed by atoms with Crippen molar-refractivity contribution in [3.05, 3.63) is 83.1 Å². The lowest BCUT2D eigenvalue weighted by Crippen LogP contribution is -2.25. The number of rotatable bonds is 4. The van der Waals surface area contributed by atoms with Crippen molar-refractivity contribution >= 4 is 22.4 Å². The minimum atomic E-state index is -0.762. The molecular weight excluding hydrogens is 349 g/mol. The molecule has 0 aliphatic carbocycles. The molecule has 0 saturated carbocycles. The van der Waals surface area contributed by atoms with Crippen molar-refractivity contribution in [2.75, 3.05) is 5.32 Å². The van der Waals surface area contributed by atoms with Gasteiger partial charge in [-0.1, -0.05) is 41.6 Å². The molecule has 6 nitrogen and oxygen atoms in total. The molecule has 1 aromatic heterocycles. The van der Waals surface area contributed by atoms with Gasteiger partial charge in [-0.15, -0.1) is 0 Å². The monoisotopic (exact) mass is 363 g/mol. The van der Waals surface area contributed by atoms with Gasteiger partial charge in [0.05, 0.1) is 0 Å². The maximum Gasteiger partial charge on any atom is 0.442 e. The number of hydrogen-bond acceptors (Lipinski definition) is 4. The Kier molecular flexibility index (Phi) is 4.25. The number of anilines is 1. The van der Waals surface area contributed by atoms with Gasteiger partial charge in [-0.25, -0.2) is 13.8 Å². The van der Waals surface area contributed by atoms with Crippen LogP contribution in [0.5, 0.6) is 0 Å².